The Hall–Kier alpha value is -1.91. The first kappa shape index (κ1) is 29.1. The van der Waals surface area contributed by atoms with Gasteiger partial charge in [-0.25, -0.2) is 4.39 Å². The lowest BCUT2D eigenvalue weighted by molar-refractivity contribution is -0.156. The van der Waals surface area contributed by atoms with Crippen molar-refractivity contribution in [1.82, 2.24) is 0 Å². The van der Waals surface area contributed by atoms with Gasteiger partial charge in [-0.15, -0.1) is 0 Å². The Morgan fingerprint density at radius 1 is 0.842 bits per heavy atom. The summed E-state index contributed by atoms with van der Waals surface area (Å²) in [5, 5.41) is 0. The van der Waals surface area contributed by atoms with E-state index in [-0.39, 0.29) is 35.6 Å². The molecule has 0 bridgehead atoms. The summed E-state index contributed by atoms with van der Waals surface area (Å²) in [6, 6.07) is 5.18. The van der Waals surface area contributed by atoms with E-state index in [2.05, 4.69) is 13.8 Å². The molecule has 3 aliphatic carbocycles. The number of benzene rings is 1. The van der Waals surface area contributed by atoms with Crippen molar-refractivity contribution in [3.8, 4) is 5.75 Å². The van der Waals surface area contributed by atoms with Crippen LogP contribution in [0, 0.1) is 35.4 Å². The van der Waals surface area contributed by atoms with Crippen molar-refractivity contribution in [2.24, 2.45) is 29.6 Å². The van der Waals surface area contributed by atoms with Crippen molar-refractivity contribution in [2.45, 2.75) is 129 Å². The van der Waals surface area contributed by atoms with Gasteiger partial charge in [-0.3, -0.25) is 9.59 Å². The molecule has 0 saturated heterocycles. The summed E-state index contributed by atoms with van der Waals surface area (Å²) in [6.07, 6.45) is 15.8. The Morgan fingerprint density at radius 2 is 1.42 bits per heavy atom. The lowest BCUT2D eigenvalue weighted by atomic mass is 9.68. The van der Waals surface area contributed by atoms with Crippen LogP contribution in [0.1, 0.15) is 129 Å². The Bertz CT molecular complexity index is 906. The predicted molar refractivity (Wildman–Crippen MR) is 148 cm³/mol. The molecule has 0 aromatic heterocycles. The van der Waals surface area contributed by atoms with Crippen LogP contribution < -0.4 is 4.74 Å². The third-order valence-electron chi connectivity index (χ3n) is 9.95. The zero-order valence-corrected chi connectivity index (χ0v) is 23.9. The van der Waals surface area contributed by atoms with E-state index in [1.807, 2.05) is 13.0 Å². The van der Waals surface area contributed by atoms with Crippen LogP contribution in [0.3, 0.4) is 0 Å². The van der Waals surface area contributed by atoms with Crippen molar-refractivity contribution < 1.29 is 23.5 Å². The fraction of sp³-hybridized carbons (Fsp3) is 0.758. The van der Waals surface area contributed by atoms with Gasteiger partial charge in [-0.05, 0) is 119 Å². The molecule has 38 heavy (non-hydrogen) atoms. The Balaban J connectivity index is 1.22. The summed E-state index contributed by atoms with van der Waals surface area (Å²) in [6.45, 7) is 6.32. The number of hydrogen-bond donors (Lipinski definition) is 0. The lowest BCUT2D eigenvalue weighted by Gasteiger charge is -2.38. The van der Waals surface area contributed by atoms with E-state index in [9.17, 15) is 14.0 Å². The molecule has 1 atom stereocenters. The minimum atomic E-state index is -0.446. The number of carbonyl (C=O) groups excluding carboxylic acids is 2. The van der Waals surface area contributed by atoms with Crippen LogP contribution >= 0.6 is 0 Å². The number of hydrogen-bond acceptors (Lipinski definition) is 4. The molecule has 0 N–H and O–H groups in total. The average molecular weight is 529 g/mol. The standard InChI is InChI=1S/C33H49FO4/c1-4-6-22(3)37-32(35)27-15-17-28(18-16-27)33(36)38-31-20-19-29(21-30(31)34)26-13-11-25(12-14-26)24-9-7-23(5-2)8-10-24/h19-28H,4-18H2,1-3H3. The monoisotopic (exact) mass is 528 g/mol. The maximum absolute atomic E-state index is 15.0. The van der Waals surface area contributed by atoms with Crippen molar-refractivity contribution in [1.29, 1.82) is 0 Å². The largest absolute Gasteiger partial charge is 0.462 e. The second kappa shape index (κ2) is 13.9. The lowest BCUT2D eigenvalue weighted by Crippen LogP contribution is -2.30. The molecule has 1 unspecified atom stereocenters. The highest BCUT2D eigenvalue weighted by Gasteiger charge is 2.34. The molecule has 5 heteroatoms. The van der Waals surface area contributed by atoms with Gasteiger partial charge in [0.25, 0.3) is 0 Å². The van der Waals surface area contributed by atoms with Crippen molar-refractivity contribution >= 4 is 11.9 Å². The zero-order valence-electron chi connectivity index (χ0n) is 23.9. The van der Waals surface area contributed by atoms with Gasteiger partial charge in [0.05, 0.1) is 17.9 Å². The third kappa shape index (κ3) is 7.60. The maximum atomic E-state index is 15.0. The molecular formula is C33H49FO4. The first-order valence-corrected chi connectivity index (χ1v) is 15.6. The molecule has 0 heterocycles. The third-order valence-corrected chi connectivity index (χ3v) is 9.95. The van der Waals surface area contributed by atoms with Crippen LogP contribution in [0.5, 0.6) is 5.75 Å². The van der Waals surface area contributed by atoms with E-state index in [4.69, 9.17) is 9.47 Å². The minimum absolute atomic E-state index is 0.0232. The predicted octanol–water partition coefficient (Wildman–Crippen LogP) is 8.76. The smallest absolute Gasteiger partial charge is 0.314 e. The summed E-state index contributed by atoms with van der Waals surface area (Å²) < 4.78 is 26.0. The zero-order chi connectivity index (χ0) is 27.1. The van der Waals surface area contributed by atoms with E-state index < -0.39 is 5.82 Å². The van der Waals surface area contributed by atoms with Crippen LogP contribution in [0.25, 0.3) is 0 Å². The molecule has 0 radical (unpaired) electrons. The Labute approximate surface area is 229 Å². The van der Waals surface area contributed by atoms with Crippen LogP contribution in [-0.2, 0) is 14.3 Å². The summed E-state index contributed by atoms with van der Waals surface area (Å²) in [5.74, 6) is 1.65. The first-order valence-electron chi connectivity index (χ1n) is 15.6. The topological polar surface area (TPSA) is 52.6 Å². The maximum Gasteiger partial charge on any atom is 0.314 e. The van der Waals surface area contributed by atoms with Gasteiger partial charge in [-0.2, -0.15) is 0 Å². The quantitative estimate of drug-likeness (QED) is 0.237. The van der Waals surface area contributed by atoms with Gasteiger partial charge >= 0.3 is 11.9 Å². The fourth-order valence-corrected chi connectivity index (χ4v) is 7.36. The van der Waals surface area contributed by atoms with E-state index >= 15 is 0 Å². The molecule has 1 aromatic carbocycles. The molecule has 3 fully saturated rings. The molecule has 1 aromatic rings. The van der Waals surface area contributed by atoms with E-state index in [0.717, 1.165) is 49.0 Å². The minimum Gasteiger partial charge on any atom is -0.462 e. The van der Waals surface area contributed by atoms with Gasteiger partial charge in [0.1, 0.15) is 0 Å². The fourth-order valence-electron chi connectivity index (χ4n) is 7.36. The summed E-state index contributed by atoms with van der Waals surface area (Å²) >= 11 is 0. The SMILES string of the molecule is CCCC(C)OC(=O)C1CCC(C(=O)Oc2ccc(C3CCC(C4CCC(CC)CC4)CC3)cc2F)CC1. The average Bonchev–Trinajstić information content (AvgIpc) is 2.94. The van der Waals surface area contributed by atoms with Gasteiger partial charge in [-0.1, -0.05) is 45.6 Å². The number of esters is 2. The molecule has 3 saturated carbocycles. The second-order valence-electron chi connectivity index (χ2n) is 12.5. The number of carbonyl (C=O) groups is 2. The van der Waals surface area contributed by atoms with Crippen LogP contribution in [0.15, 0.2) is 18.2 Å². The van der Waals surface area contributed by atoms with E-state index in [1.165, 1.54) is 44.9 Å². The molecule has 0 spiro atoms. The number of ether oxygens (including phenoxy) is 2. The van der Waals surface area contributed by atoms with Crippen molar-refractivity contribution in [3.63, 3.8) is 0 Å². The number of halogens is 1. The van der Waals surface area contributed by atoms with Gasteiger partial charge in [0, 0.05) is 0 Å². The second-order valence-corrected chi connectivity index (χ2v) is 12.5. The van der Waals surface area contributed by atoms with Gasteiger partial charge in [0.15, 0.2) is 11.6 Å². The van der Waals surface area contributed by atoms with E-state index in [1.54, 1.807) is 12.1 Å². The van der Waals surface area contributed by atoms with Crippen LogP contribution in [0.4, 0.5) is 4.39 Å². The highest BCUT2D eigenvalue weighted by atomic mass is 19.1. The van der Waals surface area contributed by atoms with Gasteiger partial charge < -0.3 is 9.47 Å². The molecule has 0 aliphatic heterocycles. The van der Waals surface area contributed by atoms with Crippen LogP contribution in [-0.4, -0.2) is 18.0 Å². The Morgan fingerprint density at radius 3 is 1.97 bits per heavy atom. The van der Waals surface area contributed by atoms with Crippen molar-refractivity contribution in [3.05, 3.63) is 29.6 Å². The van der Waals surface area contributed by atoms with Gasteiger partial charge in [0.2, 0.25) is 0 Å². The summed E-state index contributed by atoms with van der Waals surface area (Å²) in [7, 11) is 0. The normalized spacial score (nSPS) is 30.8. The Kier molecular flexibility index (Phi) is 10.7. The number of rotatable bonds is 9. The molecule has 3 aliphatic rings. The highest BCUT2D eigenvalue weighted by molar-refractivity contribution is 5.77. The molecule has 212 valence electrons. The molecule has 4 rings (SSSR count). The highest BCUT2D eigenvalue weighted by Crippen LogP contribution is 2.44. The summed E-state index contributed by atoms with van der Waals surface area (Å²) in [5.41, 5.74) is 1.03. The first-order chi connectivity index (χ1) is 18.4. The molecular weight excluding hydrogens is 479 g/mol. The molecule has 4 nitrogen and oxygen atoms in total. The molecule has 0 amide bonds. The van der Waals surface area contributed by atoms with Crippen LogP contribution in [0.2, 0.25) is 0 Å². The van der Waals surface area contributed by atoms with E-state index in [0.29, 0.717) is 31.6 Å². The van der Waals surface area contributed by atoms with Crippen molar-refractivity contribution in [2.75, 3.05) is 0 Å². The summed E-state index contributed by atoms with van der Waals surface area (Å²) in [4.78, 5) is 25.2.